The zero-order valence-electron chi connectivity index (χ0n) is 11.0. The van der Waals surface area contributed by atoms with Crippen LogP contribution >= 0.6 is 11.6 Å². The van der Waals surface area contributed by atoms with E-state index >= 15 is 0 Å². The minimum Gasteiger partial charge on any atom is -0.431 e. The number of cyclic esters (lactones) is 1. The molecule has 1 heterocycles. The van der Waals surface area contributed by atoms with Gasteiger partial charge in [-0.1, -0.05) is 42.0 Å². The standard InChI is InChI=1S/C16H14ClNO2/c1-11-7-8-14-13(9-11)16(10-17,20-15(19)18-14)12-5-3-2-4-6-12/h2-9H,10H2,1H3,(H,18,19)/t16-/m0/s1. The van der Waals surface area contributed by atoms with Crippen LogP contribution in [0.3, 0.4) is 0 Å². The lowest BCUT2D eigenvalue weighted by Crippen LogP contribution is -2.42. The molecule has 4 heteroatoms. The number of rotatable bonds is 2. The molecule has 3 nitrogen and oxygen atoms in total. The molecule has 0 saturated heterocycles. The van der Waals surface area contributed by atoms with Crippen LogP contribution in [0.5, 0.6) is 0 Å². The quantitative estimate of drug-likeness (QED) is 0.847. The molecule has 1 aliphatic heterocycles. The van der Waals surface area contributed by atoms with Gasteiger partial charge in [0.1, 0.15) is 0 Å². The molecule has 0 fully saturated rings. The predicted molar refractivity (Wildman–Crippen MR) is 79.2 cm³/mol. The first-order valence-electron chi connectivity index (χ1n) is 6.38. The number of alkyl halides is 1. The van der Waals surface area contributed by atoms with E-state index in [1.807, 2.05) is 55.5 Å². The normalized spacial score (nSPS) is 20.8. The first-order chi connectivity index (χ1) is 9.65. The number of carbonyl (C=O) groups is 1. The molecule has 0 aromatic heterocycles. The molecule has 1 N–H and O–H groups in total. The lowest BCUT2D eigenvalue weighted by Gasteiger charge is -2.37. The van der Waals surface area contributed by atoms with Gasteiger partial charge in [-0.3, -0.25) is 5.32 Å². The maximum Gasteiger partial charge on any atom is 0.412 e. The smallest absolute Gasteiger partial charge is 0.412 e. The van der Waals surface area contributed by atoms with Gasteiger partial charge in [0.2, 0.25) is 0 Å². The fourth-order valence-corrected chi connectivity index (χ4v) is 2.90. The highest BCUT2D eigenvalue weighted by Gasteiger charge is 2.43. The van der Waals surface area contributed by atoms with Gasteiger partial charge >= 0.3 is 6.09 Å². The van der Waals surface area contributed by atoms with Crippen molar-refractivity contribution >= 4 is 23.4 Å². The minimum atomic E-state index is -0.938. The molecule has 0 radical (unpaired) electrons. The van der Waals surface area contributed by atoms with Gasteiger partial charge in [-0.15, -0.1) is 11.6 Å². The average Bonchev–Trinajstić information content (AvgIpc) is 2.48. The van der Waals surface area contributed by atoms with Crippen LogP contribution in [0.25, 0.3) is 0 Å². The molecule has 1 aliphatic rings. The fourth-order valence-electron chi connectivity index (χ4n) is 2.55. The molecule has 20 heavy (non-hydrogen) atoms. The first kappa shape index (κ1) is 13.0. The summed E-state index contributed by atoms with van der Waals surface area (Å²) < 4.78 is 5.61. The Morgan fingerprint density at radius 3 is 2.65 bits per heavy atom. The highest BCUT2D eigenvalue weighted by atomic mass is 35.5. The lowest BCUT2D eigenvalue weighted by atomic mass is 9.85. The zero-order chi connectivity index (χ0) is 14.2. The monoisotopic (exact) mass is 287 g/mol. The predicted octanol–water partition coefficient (Wildman–Crippen LogP) is 4.04. The molecule has 102 valence electrons. The summed E-state index contributed by atoms with van der Waals surface area (Å²) in [5.41, 5.74) is 2.66. The molecule has 0 bridgehead atoms. The molecule has 1 atom stereocenters. The number of amides is 1. The number of carbonyl (C=O) groups excluding carboxylic acids is 1. The van der Waals surface area contributed by atoms with Crippen LogP contribution in [0.4, 0.5) is 10.5 Å². The molecule has 0 aliphatic carbocycles. The van der Waals surface area contributed by atoms with Crippen molar-refractivity contribution in [3.05, 3.63) is 65.2 Å². The summed E-state index contributed by atoms with van der Waals surface area (Å²) in [7, 11) is 0. The number of aryl methyl sites for hydroxylation is 1. The summed E-state index contributed by atoms with van der Waals surface area (Å²) in [6.45, 7) is 2.00. The van der Waals surface area contributed by atoms with E-state index in [9.17, 15) is 4.79 Å². The zero-order valence-corrected chi connectivity index (χ0v) is 11.8. The van der Waals surface area contributed by atoms with E-state index in [0.717, 1.165) is 22.4 Å². The Hall–Kier alpha value is -2.00. The Labute approximate surface area is 122 Å². The van der Waals surface area contributed by atoms with Gasteiger partial charge in [-0.05, 0) is 19.1 Å². The molecular weight excluding hydrogens is 274 g/mol. The van der Waals surface area contributed by atoms with Gasteiger partial charge in [0.15, 0.2) is 5.60 Å². The van der Waals surface area contributed by atoms with E-state index < -0.39 is 11.7 Å². The van der Waals surface area contributed by atoms with Crippen LogP contribution in [-0.4, -0.2) is 12.0 Å². The molecular formula is C16H14ClNO2. The third-order valence-electron chi connectivity index (χ3n) is 3.54. The van der Waals surface area contributed by atoms with Crippen molar-refractivity contribution in [2.45, 2.75) is 12.5 Å². The minimum absolute atomic E-state index is 0.168. The number of ether oxygens (including phenoxy) is 1. The Morgan fingerprint density at radius 2 is 1.95 bits per heavy atom. The summed E-state index contributed by atoms with van der Waals surface area (Å²) in [6, 6.07) is 15.4. The first-order valence-corrected chi connectivity index (χ1v) is 6.92. The van der Waals surface area contributed by atoms with Crippen LogP contribution in [0.2, 0.25) is 0 Å². The van der Waals surface area contributed by atoms with E-state index in [0.29, 0.717) is 0 Å². The highest BCUT2D eigenvalue weighted by Crippen LogP contribution is 2.42. The summed E-state index contributed by atoms with van der Waals surface area (Å²) in [5, 5.41) is 2.73. The number of halogens is 1. The second-order valence-corrected chi connectivity index (χ2v) is 5.16. The molecule has 3 rings (SSSR count). The summed E-state index contributed by atoms with van der Waals surface area (Å²) in [6.07, 6.45) is -0.481. The van der Waals surface area contributed by atoms with E-state index in [1.54, 1.807) is 0 Å². The summed E-state index contributed by atoms with van der Waals surface area (Å²) in [5.74, 6) is 0.168. The van der Waals surface area contributed by atoms with Crippen LogP contribution < -0.4 is 5.32 Å². The molecule has 0 spiro atoms. The molecule has 2 aromatic rings. The van der Waals surface area contributed by atoms with Crippen molar-refractivity contribution in [3.8, 4) is 0 Å². The Kier molecular flexibility index (Phi) is 3.14. The van der Waals surface area contributed by atoms with Gasteiger partial charge in [-0.25, -0.2) is 4.79 Å². The number of fused-ring (bicyclic) bond motifs is 1. The van der Waals surface area contributed by atoms with E-state index in [1.165, 1.54) is 0 Å². The number of benzene rings is 2. The summed E-state index contributed by atoms with van der Waals surface area (Å²) >= 11 is 6.21. The van der Waals surface area contributed by atoms with Gasteiger partial charge < -0.3 is 4.74 Å². The Balaban J connectivity index is 2.26. The van der Waals surface area contributed by atoms with Crippen LogP contribution in [-0.2, 0) is 10.3 Å². The van der Waals surface area contributed by atoms with Gasteiger partial charge in [0.25, 0.3) is 0 Å². The Morgan fingerprint density at radius 1 is 1.20 bits per heavy atom. The van der Waals surface area contributed by atoms with Crippen LogP contribution in [0.15, 0.2) is 48.5 Å². The lowest BCUT2D eigenvalue weighted by molar-refractivity contribution is 0.0610. The van der Waals surface area contributed by atoms with Crippen molar-refractivity contribution in [2.24, 2.45) is 0 Å². The van der Waals surface area contributed by atoms with Crippen molar-refractivity contribution < 1.29 is 9.53 Å². The third-order valence-corrected chi connectivity index (χ3v) is 3.92. The van der Waals surface area contributed by atoms with Crippen molar-refractivity contribution in [3.63, 3.8) is 0 Å². The van der Waals surface area contributed by atoms with Gasteiger partial charge in [-0.2, -0.15) is 0 Å². The fraction of sp³-hybridized carbons (Fsp3) is 0.188. The molecule has 0 saturated carbocycles. The van der Waals surface area contributed by atoms with Crippen molar-refractivity contribution in [1.29, 1.82) is 0 Å². The average molecular weight is 288 g/mol. The number of anilines is 1. The second-order valence-electron chi connectivity index (χ2n) is 4.89. The van der Waals surface area contributed by atoms with Crippen LogP contribution in [0.1, 0.15) is 16.7 Å². The Bertz CT molecular complexity index is 657. The number of hydrogen-bond donors (Lipinski definition) is 1. The molecule has 1 amide bonds. The highest BCUT2D eigenvalue weighted by molar-refractivity contribution is 6.19. The van der Waals surface area contributed by atoms with E-state index in [4.69, 9.17) is 16.3 Å². The van der Waals surface area contributed by atoms with Crippen molar-refractivity contribution in [1.82, 2.24) is 0 Å². The van der Waals surface area contributed by atoms with E-state index in [-0.39, 0.29) is 5.88 Å². The summed E-state index contributed by atoms with van der Waals surface area (Å²) in [4.78, 5) is 11.9. The maximum absolute atomic E-state index is 11.9. The largest absolute Gasteiger partial charge is 0.431 e. The molecule has 0 unspecified atom stereocenters. The van der Waals surface area contributed by atoms with Gasteiger partial charge in [0.05, 0.1) is 11.6 Å². The van der Waals surface area contributed by atoms with Gasteiger partial charge in [0, 0.05) is 11.1 Å². The second kappa shape index (κ2) is 4.84. The van der Waals surface area contributed by atoms with Crippen LogP contribution in [0, 0.1) is 6.92 Å². The SMILES string of the molecule is Cc1ccc2c(c1)[C@](CCl)(c1ccccc1)OC(=O)N2. The molecule has 2 aromatic carbocycles. The third kappa shape index (κ3) is 1.95. The maximum atomic E-state index is 11.9. The van der Waals surface area contributed by atoms with E-state index in [2.05, 4.69) is 5.32 Å². The number of hydrogen-bond acceptors (Lipinski definition) is 2. The van der Waals surface area contributed by atoms with Crippen molar-refractivity contribution in [2.75, 3.05) is 11.2 Å². The topological polar surface area (TPSA) is 38.3 Å². The number of nitrogens with one attached hydrogen (secondary N) is 1.